The van der Waals surface area contributed by atoms with Crippen molar-refractivity contribution in [3.63, 3.8) is 0 Å². The molecule has 1 aromatic rings. The van der Waals surface area contributed by atoms with E-state index in [1.54, 1.807) is 0 Å². The molecule has 1 unspecified atom stereocenters. The van der Waals surface area contributed by atoms with Gasteiger partial charge in [-0.2, -0.15) is 0 Å². The fraction of sp³-hybridized carbons (Fsp3) is 0.667. The number of rotatable bonds is 4. The summed E-state index contributed by atoms with van der Waals surface area (Å²) in [5, 5.41) is 0. The Hall–Kier alpha value is -0.860. The Morgan fingerprint density at radius 1 is 1.20 bits per heavy atom. The van der Waals surface area contributed by atoms with Gasteiger partial charge in [0.05, 0.1) is 5.60 Å². The van der Waals surface area contributed by atoms with Gasteiger partial charge in [0, 0.05) is 13.2 Å². The third kappa shape index (κ3) is 3.42. The van der Waals surface area contributed by atoms with E-state index in [9.17, 15) is 0 Å². The molecule has 0 bridgehead atoms. The van der Waals surface area contributed by atoms with E-state index in [1.807, 2.05) is 7.11 Å². The molecule has 0 aliphatic heterocycles. The fourth-order valence-corrected chi connectivity index (χ4v) is 3.60. The summed E-state index contributed by atoms with van der Waals surface area (Å²) >= 11 is 0. The lowest BCUT2D eigenvalue weighted by molar-refractivity contribution is -0.0659. The van der Waals surface area contributed by atoms with E-state index in [0.717, 1.165) is 25.2 Å². The summed E-state index contributed by atoms with van der Waals surface area (Å²) in [5.74, 6) is 0.812. The van der Waals surface area contributed by atoms with Crippen LogP contribution in [0.2, 0.25) is 0 Å². The summed E-state index contributed by atoms with van der Waals surface area (Å²) in [4.78, 5) is 0. The maximum absolute atomic E-state index is 6.55. The van der Waals surface area contributed by atoms with Gasteiger partial charge in [-0.25, -0.2) is 0 Å². The lowest BCUT2D eigenvalue weighted by Crippen LogP contribution is -2.52. The molecule has 1 aliphatic rings. The average Bonchev–Trinajstić information content (AvgIpc) is 2.38. The maximum Gasteiger partial charge on any atom is 0.0832 e. The lowest BCUT2D eigenvalue weighted by Gasteiger charge is -2.42. The van der Waals surface area contributed by atoms with Gasteiger partial charge in [-0.05, 0) is 57.4 Å². The molecule has 0 heterocycles. The van der Waals surface area contributed by atoms with Crippen molar-refractivity contribution in [1.29, 1.82) is 0 Å². The molecule has 0 aromatic heterocycles. The van der Waals surface area contributed by atoms with Gasteiger partial charge in [0.2, 0.25) is 0 Å². The van der Waals surface area contributed by atoms with E-state index in [0.29, 0.717) is 0 Å². The molecule has 0 spiro atoms. The van der Waals surface area contributed by atoms with Crippen LogP contribution in [0.3, 0.4) is 0 Å². The van der Waals surface area contributed by atoms with E-state index in [1.165, 1.54) is 29.5 Å². The number of aryl methyl sites for hydroxylation is 2. The first-order valence-corrected chi connectivity index (χ1v) is 7.83. The summed E-state index contributed by atoms with van der Waals surface area (Å²) < 4.78 is 5.90. The Labute approximate surface area is 123 Å². The molecule has 2 heteroatoms. The van der Waals surface area contributed by atoms with Crippen LogP contribution < -0.4 is 5.73 Å². The standard InChI is InChI=1S/C18H29NO/c1-13-5-7-18(20-4,8-6-13)17(19)12-16-10-14(2)9-15(3)11-16/h9-11,13,17H,5-8,12,19H2,1-4H3. The van der Waals surface area contributed by atoms with Crippen LogP contribution in [-0.4, -0.2) is 18.8 Å². The first-order valence-electron chi connectivity index (χ1n) is 7.83. The molecule has 1 saturated carbocycles. The highest BCUT2D eigenvalue weighted by Crippen LogP contribution is 2.37. The van der Waals surface area contributed by atoms with Crippen LogP contribution in [0, 0.1) is 19.8 Å². The molecule has 2 N–H and O–H groups in total. The van der Waals surface area contributed by atoms with Gasteiger partial charge in [-0.15, -0.1) is 0 Å². The fourth-order valence-electron chi connectivity index (χ4n) is 3.60. The molecule has 1 atom stereocenters. The highest BCUT2D eigenvalue weighted by atomic mass is 16.5. The molecule has 20 heavy (non-hydrogen) atoms. The molecule has 1 fully saturated rings. The van der Waals surface area contributed by atoms with Crippen molar-refractivity contribution in [3.8, 4) is 0 Å². The molecule has 0 amide bonds. The van der Waals surface area contributed by atoms with Crippen LogP contribution in [0.4, 0.5) is 0 Å². The molecule has 2 nitrogen and oxygen atoms in total. The lowest BCUT2D eigenvalue weighted by atomic mass is 9.74. The van der Waals surface area contributed by atoms with Crippen molar-refractivity contribution < 1.29 is 4.74 Å². The minimum atomic E-state index is -0.121. The first kappa shape index (κ1) is 15.5. The van der Waals surface area contributed by atoms with Gasteiger partial charge in [0.1, 0.15) is 0 Å². The normalized spacial score (nSPS) is 28.4. The average molecular weight is 275 g/mol. The van der Waals surface area contributed by atoms with E-state index in [4.69, 9.17) is 10.5 Å². The highest BCUT2D eigenvalue weighted by molar-refractivity contribution is 5.29. The summed E-state index contributed by atoms with van der Waals surface area (Å²) in [5.41, 5.74) is 10.4. The molecule has 2 rings (SSSR count). The summed E-state index contributed by atoms with van der Waals surface area (Å²) in [7, 11) is 1.83. The Bertz CT molecular complexity index is 426. The second kappa shape index (κ2) is 6.28. The number of nitrogens with two attached hydrogens (primary N) is 1. The second-order valence-corrected chi connectivity index (χ2v) is 6.76. The van der Waals surface area contributed by atoms with Crippen molar-refractivity contribution in [2.45, 2.75) is 64.5 Å². The van der Waals surface area contributed by atoms with E-state index in [2.05, 4.69) is 39.0 Å². The van der Waals surface area contributed by atoms with Crippen molar-refractivity contribution in [3.05, 3.63) is 34.9 Å². The number of methoxy groups -OCH3 is 1. The van der Waals surface area contributed by atoms with E-state index in [-0.39, 0.29) is 11.6 Å². The topological polar surface area (TPSA) is 35.2 Å². The third-order valence-corrected chi connectivity index (χ3v) is 4.94. The number of benzene rings is 1. The molecule has 1 aliphatic carbocycles. The number of ether oxygens (including phenoxy) is 1. The second-order valence-electron chi connectivity index (χ2n) is 6.76. The Morgan fingerprint density at radius 2 is 1.75 bits per heavy atom. The predicted molar refractivity (Wildman–Crippen MR) is 85.0 cm³/mol. The minimum Gasteiger partial charge on any atom is -0.377 e. The van der Waals surface area contributed by atoms with Gasteiger partial charge < -0.3 is 10.5 Å². The SMILES string of the molecule is COC1(C(N)Cc2cc(C)cc(C)c2)CCC(C)CC1. The van der Waals surface area contributed by atoms with Crippen molar-refractivity contribution in [1.82, 2.24) is 0 Å². The van der Waals surface area contributed by atoms with Gasteiger partial charge >= 0.3 is 0 Å². The van der Waals surface area contributed by atoms with E-state index >= 15 is 0 Å². The van der Waals surface area contributed by atoms with Crippen molar-refractivity contribution in [2.75, 3.05) is 7.11 Å². The quantitative estimate of drug-likeness (QED) is 0.908. The highest BCUT2D eigenvalue weighted by Gasteiger charge is 2.39. The zero-order valence-corrected chi connectivity index (χ0v) is 13.4. The monoisotopic (exact) mass is 275 g/mol. The van der Waals surface area contributed by atoms with Crippen LogP contribution in [0.15, 0.2) is 18.2 Å². The largest absolute Gasteiger partial charge is 0.377 e. The smallest absolute Gasteiger partial charge is 0.0832 e. The first-order chi connectivity index (χ1) is 9.45. The minimum absolute atomic E-state index is 0.0844. The summed E-state index contributed by atoms with van der Waals surface area (Å²) in [6, 6.07) is 6.80. The molecule has 0 saturated heterocycles. The Kier molecular flexibility index (Phi) is 4.87. The maximum atomic E-state index is 6.55. The van der Waals surface area contributed by atoms with Crippen LogP contribution in [-0.2, 0) is 11.2 Å². The number of hydrogen-bond acceptors (Lipinski definition) is 2. The molecule has 112 valence electrons. The summed E-state index contributed by atoms with van der Waals surface area (Å²) in [6.07, 6.45) is 5.56. The van der Waals surface area contributed by atoms with Crippen LogP contribution in [0.5, 0.6) is 0 Å². The molecular weight excluding hydrogens is 246 g/mol. The van der Waals surface area contributed by atoms with Gasteiger partial charge in [-0.3, -0.25) is 0 Å². The van der Waals surface area contributed by atoms with Crippen molar-refractivity contribution in [2.24, 2.45) is 11.7 Å². The Morgan fingerprint density at radius 3 is 2.25 bits per heavy atom. The van der Waals surface area contributed by atoms with Crippen molar-refractivity contribution >= 4 is 0 Å². The van der Waals surface area contributed by atoms with Gasteiger partial charge in [0.15, 0.2) is 0 Å². The van der Waals surface area contributed by atoms with Crippen LogP contribution in [0.25, 0.3) is 0 Å². The predicted octanol–water partition coefficient (Wildman–Crippen LogP) is 3.77. The Balaban J connectivity index is 2.11. The van der Waals surface area contributed by atoms with Crippen LogP contribution >= 0.6 is 0 Å². The van der Waals surface area contributed by atoms with Gasteiger partial charge in [0.25, 0.3) is 0 Å². The van der Waals surface area contributed by atoms with Gasteiger partial charge in [-0.1, -0.05) is 36.2 Å². The molecule has 1 aromatic carbocycles. The zero-order valence-electron chi connectivity index (χ0n) is 13.4. The van der Waals surface area contributed by atoms with E-state index < -0.39 is 0 Å². The molecular formula is C18H29NO. The zero-order chi connectivity index (χ0) is 14.8. The number of hydrogen-bond donors (Lipinski definition) is 1. The third-order valence-electron chi connectivity index (χ3n) is 4.94. The molecule has 0 radical (unpaired) electrons. The van der Waals surface area contributed by atoms with Crippen LogP contribution in [0.1, 0.15) is 49.3 Å². The summed E-state index contributed by atoms with van der Waals surface area (Å²) in [6.45, 7) is 6.63.